The van der Waals surface area contributed by atoms with Crippen LogP contribution < -0.4 is 5.56 Å². The van der Waals surface area contributed by atoms with Gasteiger partial charge in [-0.1, -0.05) is 25.3 Å². The molecule has 1 aliphatic carbocycles. The smallest absolute Gasteiger partial charge is 0.267 e. The predicted molar refractivity (Wildman–Crippen MR) is 102 cm³/mol. The van der Waals surface area contributed by atoms with Gasteiger partial charge in [0, 0.05) is 17.4 Å². The van der Waals surface area contributed by atoms with Gasteiger partial charge in [0.25, 0.3) is 5.56 Å². The Morgan fingerprint density at radius 3 is 2.77 bits per heavy atom. The second kappa shape index (κ2) is 7.53. The average Bonchev–Trinajstić information content (AvgIpc) is 3.29. The minimum atomic E-state index is -0.103. The molecule has 0 aromatic carbocycles. The zero-order chi connectivity index (χ0) is 17.9. The molecule has 136 valence electrons. The summed E-state index contributed by atoms with van der Waals surface area (Å²) in [4.78, 5) is 18.2. The Labute approximate surface area is 156 Å². The van der Waals surface area contributed by atoms with E-state index >= 15 is 0 Å². The number of hydrogen-bond donors (Lipinski definition) is 0. The summed E-state index contributed by atoms with van der Waals surface area (Å²) in [6, 6.07) is 7.85. The number of aromatic nitrogens is 5. The van der Waals surface area contributed by atoms with Crippen LogP contribution in [0.25, 0.3) is 0 Å². The Hall–Kier alpha value is -2.28. The van der Waals surface area contributed by atoms with Crippen LogP contribution >= 0.6 is 11.3 Å². The number of nitrogens with zero attached hydrogens (tertiary/aromatic N) is 5. The van der Waals surface area contributed by atoms with Crippen molar-refractivity contribution >= 4 is 11.3 Å². The molecule has 3 heterocycles. The van der Waals surface area contributed by atoms with Gasteiger partial charge in [-0.15, -0.1) is 11.3 Å². The maximum absolute atomic E-state index is 12.2. The molecule has 0 radical (unpaired) electrons. The minimum Gasteiger partial charge on any atom is -0.268 e. The summed E-state index contributed by atoms with van der Waals surface area (Å²) in [6.45, 7) is 2.26. The van der Waals surface area contributed by atoms with Crippen LogP contribution in [0, 0.1) is 6.92 Å². The van der Waals surface area contributed by atoms with Crippen molar-refractivity contribution in [3.05, 3.63) is 62.2 Å². The quantitative estimate of drug-likeness (QED) is 0.692. The first-order valence-electron chi connectivity index (χ1n) is 9.20. The van der Waals surface area contributed by atoms with Gasteiger partial charge in [0.05, 0.1) is 11.7 Å². The second-order valence-electron chi connectivity index (χ2n) is 6.91. The second-order valence-corrected chi connectivity index (χ2v) is 7.94. The van der Waals surface area contributed by atoms with E-state index in [1.165, 1.54) is 28.8 Å². The maximum atomic E-state index is 12.2. The Balaban J connectivity index is 1.67. The van der Waals surface area contributed by atoms with Crippen molar-refractivity contribution in [2.45, 2.75) is 58.0 Å². The van der Waals surface area contributed by atoms with Crippen LogP contribution in [0.3, 0.4) is 0 Å². The lowest BCUT2D eigenvalue weighted by atomic mass is 9.95. The van der Waals surface area contributed by atoms with Crippen molar-refractivity contribution in [1.29, 1.82) is 0 Å². The van der Waals surface area contributed by atoms with E-state index in [4.69, 9.17) is 10.1 Å². The van der Waals surface area contributed by atoms with Gasteiger partial charge in [-0.2, -0.15) is 10.2 Å². The molecule has 26 heavy (non-hydrogen) atoms. The summed E-state index contributed by atoms with van der Waals surface area (Å²) < 4.78 is 3.56. The highest BCUT2D eigenvalue weighted by Crippen LogP contribution is 2.28. The van der Waals surface area contributed by atoms with E-state index in [9.17, 15) is 4.79 Å². The van der Waals surface area contributed by atoms with Gasteiger partial charge in [0.2, 0.25) is 0 Å². The van der Waals surface area contributed by atoms with Crippen molar-refractivity contribution in [3.8, 4) is 0 Å². The predicted octanol–water partition coefficient (Wildman–Crippen LogP) is 3.35. The molecule has 3 aromatic rings. The van der Waals surface area contributed by atoms with Gasteiger partial charge < -0.3 is 0 Å². The van der Waals surface area contributed by atoms with Crippen molar-refractivity contribution in [2.24, 2.45) is 0 Å². The minimum absolute atomic E-state index is 0.103. The van der Waals surface area contributed by atoms with Crippen LogP contribution in [0.2, 0.25) is 0 Å². The molecule has 7 heteroatoms. The highest BCUT2D eigenvalue weighted by molar-refractivity contribution is 7.09. The van der Waals surface area contributed by atoms with Gasteiger partial charge in [-0.05, 0) is 37.3 Å². The topological polar surface area (TPSA) is 65.6 Å². The van der Waals surface area contributed by atoms with E-state index in [0.29, 0.717) is 12.6 Å². The number of rotatable bonds is 5. The molecule has 0 bridgehead atoms. The van der Waals surface area contributed by atoms with Crippen molar-refractivity contribution in [3.63, 3.8) is 0 Å². The lowest BCUT2D eigenvalue weighted by molar-refractivity contribution is 0.317. The zero-order valence-corrected chi connectivity index (χ0v) is 15.8. The van der Waals surface area contributed by atoms with Gasteiger partial charge >= 0.3 is 0 Å². The molecule has 0 amide bonds. The molecule has 0 aliphatic heterocycles. The fourth-order valence-corrected chi connectivity index (χ4v) is 4.27. The van der Waals surface area contributed by atoms with E-state index in [1.807, 2.05) is 6.92 Å². The molecular formula is C19H23N5OS. The molecule has 1 aliphatic rings. The standard InChI is InChI=1S/C19H23N5OS/c1-14-9-10-19(25)23(21-14)13-18-20-17(12-16-8-5-11-26-16)22-24(18)15-6-3-2-4-7-15/h5,8-11,15H,2-4,6-7,12-13H2,1H3. The van der Waals surface area contributed by atoms with Crippen molar-refractivity contribution in [1.82, 2.24) is 24.5 Å². The molecule has 1 fully saturated rings. The number of aryl methyl sites for hydroxylation is 1. The zero-order valence-electron chi connectivity index (χ0n) is 15.0. The summed E-state index contributed by atoms with van der Waals surface area (Å²) in [5, 5.41) is 11.3. The molecule has 4 rings (SSSR count). The van der Waals surface area contributed by atoms with E-state index in [1.54, 1.807) is 23.5 Å². The van der Waals surface area contributed by atoms with E-state index in [2.05, 4.69) is 27.3 Å². The molecule has 0 spiro atoms. The molecule has 3 aromatic heterocycles. The highest BCUT2D eigenvalue weighted by Gasteiger charge is 2.22. The molecule has 1 saturated carbocycles. The molecule has 0 saturated heterocycles. The third kappa shape index (κ3) is 3.77. The van der Waals surface area contributed by atoms with E-state index < -0.39 is 0 Å². The van der Waals surface area contributed by atoms with Crippen molar-refractivity contribution in [2.75, 3.05) is 0 Å². The first kappa shape index (κ1) is 17.1. The van der Waals surface area contributed by atoms with Crippen molar-refractivity contribution < 1.29 is 0 Å². The van der Waals surface area contributed by atoms with Crippen LogP contribution in [0.1, 0.15) is 60.4 Å². The Kier molecular flexibility index (Phi) is 4.97. The summed E-state index contributed by atoms with van der Waals surface area (Å²) in [7, 11) is 0. The van der Waals surface area contributed by atoms with E-state index in [-0.39, 0.29) is 5.56 Å². The molecule has 0 unspecified atom stereocenters. The van der Waals surface area contributed by atoms with Gasteiger partial charge in [-0.3, -0.25) is 4.79 Å². The normalized spacial score (nSPS) is 15.4. The summed E-state index contributed by atoms with van der Waals surface area (Å²) in [5.41, 5.74) is 0.723. The first-order valence-corrected chi connectivity index (χ1v) is 10.1. The van der Waals surface area contributed by atoms with Gasteiger partial charge in [0.15, 0.2) is 5.82 Å². The fourth-order valence-electron chi connectivity index (χ4n) is 3.57. The lowest BCUT2D eigenvalue weighted by Crippen LogP contribution is -2.26. The fraction of sp³-hybridized carbons (Fsp3) is 0.474. The van der Waals surface area contributed by atoms with Crippen LogP contribution in [0.5, 0.6) is 0 Å². The molecular weight excluding hydrogens is 346 g/mol. The third-order valence-corrected chi connectivity index (χ3v) is 5.75. The Morgan fingerprint density at radius 1 is 1.15 bits per heavy atom. The van der Waals surface area contributed by atoms with Crippen LogP contribution in [0.4, 0.5) is 0 Å². The van der Waals surface area contributed by atoms with E-state index in [0.717, 1.165) is 36.6 Å². The number of hydrogen-bond acceptors (Lipinski definition) is 5. The Bertz CT molecular complexity index is 922. The maximum Gasteiger partial charge on any atom is 0.267 e. The van der Waals surface area contributed by atoms with Crippen LogP contribution in [0.15, 0.2) is 34.4 Å². The monoisotopic (exact) mass is 369 g/mol. The molecule has 6 nitrogen and oxygen atoms in total. The first-order chi connectivity index (χ1) is 12.7. The largest absolute Gasteiger partial charge is 0.268 e. The molecule has 0 atom stereocenters. The molecule has 0 N–H and O–H groups in total. The number of thiophene rings is 1. The average molecular weight is 369 g/mol. The van der Waals surface area contributed by atoms with Gasteiger partial charge in [0.1, 0.15) is 12.4 Å². The Morgan fingerprint density at radius 2 is 2.00 bits per heavy atom. The summed E-state index contributed by atoms with van der Waals surface area (Å²) in [5.74, 6) is 1.66. The van der Waals surface area contributed by atoms with Crippen LogP contribution in [-0.4, -0.2) is 24.5 Å². The third-order valence-electron chi connectivity index (χ3n) is 4.87. The van der Waals surface area contributed by atoms with Crippen LogP contribution in [-0.2, 0) is 13.0 Å². The lowest BCUT2D eigenvalue weighted by Gasteiger charge is -2.23. The summed E-state index contributed by atoms with van der Waals surface area (Å²) >= 11 is 1.72. The highest BCUT2D eigenvalue weighted by atomic mass is 32.1. The van der Waals surface area contributed by atoms with Gasteiger partial charge in [-0.25, -0.2) is 14.3 Å². The summed E-state index contributed by atoms with van der Waals surface area (Å²) in [6.07, 6.45) is 6.75. The SMILES string of the molecule is Cc1ccc(=O)n(Cc2nc(Cc3cccs3)nn2C2CCCCC2)n1.